The monoisotopic (exact) mass is 183 g/mol. The summed E-state index contributed by atoms with van der Waals surface area (Å²) >= 11 is 0. The van der Waals surface area contributed by atoms with Crippen LogP contribution in [0.3, 0.4) is 0 Å². The van der Waals surface area contributed by atoms with Crippen molar-refractivity contribution in [3.63, 3.8) is 0 Å². The van der Waals surface area contributed by atoms with Crippen LogP contribution in [0.1, 0.15) is 39.0 Å². The van der Waals surface area contributed by atoms with Crippen LogP contribution in [0, 0.1) is 11.3 Å². The quantitative estimate of drug-likeness (QED) is 0.710. The van der Waals surface area contributed by atoms with E-state index in [1.165, 1.54) is 32.1 Å². The van der Waals surface area contributed by atoms with E-state index in [1.54, 1.807) is 0 Å². The van der Waals surface area contributed by atoms with E-state index >= 15 is 0 Å². The van der Waals surface area contributed by atoms with Crippen LogP contribution in [0.2, 0.25) is 0 Å². The lowest BCUT2D eigenvalue weighted by molar-refractivity contribution is -0.111. The molecule has 2 rings (SSSR count). The fourth-order valence-corrected chi connectivity index (χ4v) is 2.56. The van der Waals surface area contributed by atoms with Crippen LogP contribution in [-0.4, -0.2) is 19.3 Å². The zero-order valence-electron chi connectivity index (χ0n) is 8.59. The summed E-state index contributed by atoms with van der Waals surface area (Å²) in [7, 11) is 0. The van der Waals surface area contributed by atoms with Gasteiger partial charge in [-0.2, -0.15) is 0 Å². The highest BCUT2D eigenvalue weighted by Gasteiger charge is 2.41. The summed E-state index contributed by atoms with van der Waals surface area (Å²) in [5, 5.41) is 0. The van der Waals surface area contributed by atoms with E-state index in [1.807, 2.05) is 0 Å². The predicted octanol–water partition coefficient (Wildman–Crippen LogP) is 1.93. The molecule has 1 aliphatic heterocycles. The van der Waals surface area contributed by atoms with E-state index in [2.05, 4.69) is 6.92 Å². The molecular formula is C11H21NO. The summed E-state index contributed by atoms with van der Waals surface area (Å²) < 4.78 is 5.91. The van der Waals surface area contributed by atoms with Crippen molar-refractivity contribution in [3.05, 3.63) is 0 Å². The van der Waals surface area contributed by atoms with Crippen LogP contribution < -0.4 is 5.73 Å². The number of hydrogen-bond donors (Lipinski definition) is 1. The minimum atomic E-state index is 0.441. The van der Waals surface area contributed by atoms with Crippen molar-refractivity contribution in [2.75, 3.05) is 13.2 Å². The summed E-state index contributed by atoms with van der Waals surface area (Å²) in [5.41, 5.74) is 6.24. The van der Waals surface area contributed by atoms with Crippen molar-refractivity contribution in [3.8, 4) is 0 Å². The Kier molecular flexibility index (Phi) is 2.61. The molecule has 0 radical (unpaired) electrons. The second kappa shape index (κ2) is 3.58. The smallest absolute Gasteiger partial charge is 0.0613 e. The first-order chi connectivity index (χ1) is 6.26. The average Bonchev–Trinajstić information content (AvgIpc) is 2.14. The number of hydrogen-bond acceptors (Lipinski definition) is 2. The summed E-state index contributed by atoms with van der Waals surface area (Å²) in [6.07, 6.45) is 7.27. The lowest BCUT2D eigenvalue weighted by atomic mass is 9.65. The fourth-order valence-electron chi connectivity index (χ4n) is 2.56. The highest BCUT2D eigenvalue weighted by atomic mass is 16.5. The SMILES string of the molecule is CC(CN)C1CCC2(CCC2)CO1. The molecule has 1 heterocycles. The van der Waals surface area contributed by atoms with E-state index in [0.29, 0.717) is 17.4 Å². The number of rotatable bonds is 2. The van der Waals surface area contributed by atoms with Gasteiger partial charge in [0.1, 0.15) is 0 Å². The van der Waals surface area contributed by atoms with Gasteiger partial charge in [-0.15, -0.1) is 0 Å². The van der Waals surface area contributed by atoms with Crippen molar-refractivity contribution < 1.29 is 4.74 Å². The minimum absolute atomic E-state index is 0.441. The second-order valence-corrected chi connectivity index (χ2v) is 4.95. The lowest BCUT2D eigenvalue weighted by Gasteiger charge is -2.47. The molecule has 0 aromatic heterocycles. The van der Waals surface area contributed by atoms with Crippen molar-refractivity contribution in [1.82, 2.24) is 0 Å². The maximum Gasteiger partial charge on any atom is 0.0613 e. The van der Waals surface area contributed by atoms with Gasteiger partial charge in [-0.05, 0) is 43.6 Å². The Morgan fingerprint density at radius 1 is 1.46 bits per heavy atom. The first kappa shape index (κ1) is 9.47. The molecule has 76 valence electrons. The van der Waals surface area contributed by atoms with E-state index in [-0.39, 0.29) is 0 Å². The van der Waals surface area contributed by atoms with Crippen LogP contribution in [-0.2, 0) is 4.74 Å². The molecule has 2 fully saturated rings. The Hall–Kier alpha value is -0.0800. The minimum Gasteiger partial charge on any atom is -0.377 e. The standard InChI is InChI=1S/C11H21NO/c1-9(7-12)10-3-6-11(8-13-10)4-2-5-11/h9-10H,2-8,12H2,1H3. The van der Waals surface area contributed by atoms with Gasteiger partial charge in [0, 0.05) is 0 Å². The molecule has 0 aromatic carbocycles. The van der Waals surface area contributed by atoms with Crippen LogP contribution in [0.25, 0.3) is 0 Å². The second-order valence-electron chi connectivity index (χ2n) is 4.95. The van der Waals surface area contributed by atoms with Gasteiger partial charge in [0.25, 0.3) is 0 Å². The molecule has 2 heteroatoms. The summed E-state index contributed by atoms with van der Waals surface area (Å²) in [6.45, 7) is 3.96. The van der Waals surface area contributed by atoms with Gasteiger partial charge in [-0.3, -0.25) is 0 Å². The number of nitrogens with two attached hydrogens (primary N) is 1. The Labute approximate surface area is 80.8 Å². The highest BCUT2D eigenvalue weighted by Crippen LogP contribution is 2.48. The van der Waals surface area contributed by atoms with E-state index in [9.17, 15) is 0 Å². The average molecular weight is 183 g/mol. The third-order valence-electron chi connectivity index (χ3n) is 3.98. The largest absolute Gasteiger partial charge is 0.377 e. The van der Waals surface area contributed by atoms with Gasteiger partial charge in [0.2, 0.25) is 0 Å². The molecule has 2 N–H and O–H groups in total. The molecular weight excluding hydrogens is 162 g/mol. The lowest BCUT2D eigenvalue weighted by Crippen LogP contribution is -2.43. The van der Waals surface area contributed by atoms with Crippen LogP contribution in [0.5, 0.6) is 0 Å². The van der Waals surface area contributed by atoms with E-state index in [4.69, 9.17) is 10.5 Å². The van der Waals surface area contributed by atoms with Gasteiger partial charge in [0.05, 0.1) is 12.7 Å². The highest BCUT2D eigenvalue weighted by molar-refractivity contribution is 4.91. The summed E-state index contributed by atoms with van der Waals surface area (Å²) in [6, 6.07) is 0. The van der Waals surface area contributed by atoms with Crippen LogP contribution in [0.4, 0.5) is 0 Å². The van der Waals surface area contributed by atoms with Crippen LogP contribution in [0.15, 0.2) is 0 Å². The van der Waals surface area contributed by atoms with E-state index in [0.717, 1.165) is 13.2 Å². The zero-order valence-corrected chi connectivity index (χ0v) is 8.59. The molecule has 1 saturated carbocycles. The van der Waals surface area contributed by atoms with Gasteiger partial charge in [-0.25, -0.2) is 0 Å². The molecule has 0 aromatic rings. The predicted molar refractivity (Wildman–Crippen MR) is 53.5 cm³/mol. The zero-order chi connectivity index (χ0) is 9.31. The molecule has 2 aliphatic rings. The fraction of sp³-hybridized carbons (Fsp3) is 1.00. The third kappa shape index (κ3) is 1.75. The van der Waals surface area contributed by atoms with E-state index < -0.39 is 0 Å². The normalized spacial score (nSPS) is 34.2. The molecule has 0 bridgehead atoms. The van der Waals surface area contributed by atoms with Gasteiger partial charge >= 0.3 is 0 Å². The molecule has 13 heavy (non-hydrogen) atoms. The van der Waals surface area contributed by atoms with Crippen molar-refractivity contribution in [2.24, 2.45) is 17.1 Å². The molecule has 2 nitrogen and oxygen atoms in total. The maximum atomic E-state index is 5.91. The van der Waals surface area contributed by atoms with Gasteiger partial charge < -0.3 is 10.5 Å². The topological polar surface area (TPSA) is 35.2 Å². The molecule has 1 saturated heterocycles. The van der Waals surface area contributed by atoms with Crippen LogP contribution >= 0.6 is 0 Å². The molecule has 2 atom stereocenters. The first-order valence-electron chi connectivity index (χ1n) is 5.57. The maximum absolute atomic E-state index is 5.91. The Balaban J connectivity index is 1.82. The summed E-state index contributed by atoms with van der Waals surface area (Å²) in [4.78, 5) is 0. The Morgan fingerprint density at radius 3 is 2.62 bits per heavy atom. The van der Waals surface area contributed by atoms with Crippen molar-refractivity contribution >= 4 is 0 Å². The third-order valence-corrected chi connectivity index (χ3v) is 3.98. The molecule has 1 aliphatic carbocycles. The Bertz CT molecular complexity index is 167. The number of ether oxygens (including phenoxy) is 1. The Morgan fingerprint density at radius 2 is 2.23 bits per heavy atom. The van der Waals surface area contributed by atoms with Gasteiger partial charge in [0.15, 0.2) is 0 Å². The summed E-state index contributed by atoms with van der Waals surface area (Å²) in [5.74, 6) is 0.539. The molecule has 0 amide bonds. The van der Waals surface area contributed by atoms with Gasteiger partial charge in [-0.1, -0.05) is 13.3 Å². The van der Waals surface area contributed by atoms with Crippen molar-refractivity contribution in [1.29, 1.82) is 0 Å². The first-order valence-corrected chi connectivity index (χ1v) is 5.57. The molecule has 2 unspecified atom stereocenters. The molecule has 1 spiro atoms. The van der Waals surface area contributed by atoms with Crippen molar-refractivity contribution in [2.45, 2.75) is 45.1 Å².